The van der Waals surface area contributed by atoms with Crippen LogP contribution < -0.4 is 15.6 Å². The second-order valence-corrected chi connectivity index (χ2v) is 5.95. The number of aromatic nitrogens is 3. The van der Waals surface area contributed by atoms with E-state index in [2.05, 4.69) is 20.3 Å². The number of nitrogens with one attached hydrogen (secondary N) is 2. The van der Waals surface area contributed by atoms with Crippen molar-refractivity contribution in [1.82, 2.24) is 15.0 Å². The van der Waals surface area contributed by atoms with Gasteiger partial charge in [-0.25, -0.2) is 4.39 Å². The van der Waals surface area contributed by atoms with Crippen molar-refractivity contribution in [2.24, 2.45) is 0 Å². The minimum absolute atomic E-state index is 0.0282. The molecule has 0 aliphatic carbocycles. The fraction of sp³-hybridized carbons (Fsp3) is 0.0500. The number of para-hydroxylation sites is 1. The van der Waals surface area contributed by atoms with Crippen LogP contribution in [0.15, 0.2) is 65.7 Å². The van der Waals surface area contributed by atoms with Gasteiger partial charge in [0, 0.05) is 18.0 Å². The summed E-state index contributed by atoms with van der Waals surface area (Å²) in [5.41, 5.74) is 2.19. The highest BCUT2D eigenvalue weighted by atomic mass is 19.1. The number of aryl methyl sites for hydroxylation is 1. The van der Waals surface area contributed by atoms with Crippen LogP contribution >= 0.6 is 0 Å². The zero-order valence-electron chi connectivity index (χ0n) is 14.4. The number of hydrogen-bond donors (Lipinski definition) is 2. The molecule has 7 heteroatoms. The molecule has 4 aromatic rings. The Balaban J connectivity index is 1.60. The van der Waals surface area contributed by atoms with E-state index in [1.54, 1.807) is 18.2 Å². The lowest BCUT2D eigenvalue weighted by Gasteiger charge is -2.11. The zero-order chi connectivity index (χ0) is 18.8. The van der Waals surface area contributed by atoms with Crippen molar-refractivity contribution >= 4 is 22.3 Å². The van der Waals surface area contributed by atoms with E-state index in [-0.39, 0.29) is 17.3 Å². The summed E-state index contributed by atoms with van der Waals surface area (Å²) in [5, 5.41) is 3.46. The highest BCUT2D eigenvalue weighted by molar-refractivity contribution is 5.76. The lowest BCUT2D eigenvalue weighted by Crippen LogP contribution is -2.09. The lowest BCUT2D eigenvalue weighted by atomic mass is 10.2. The first-order valence-electron chi connectivity index (χ1n) is 8.24. The highest BCUT2D eigenvalue weighted by Gasteiger charge is 2.09. The van der Waals surface area contributed by atoms with Gasteiger partial charge in [-0.2, -0.15) is 4.98 Å². The number of benzene rings is 2. The van der Waals surface area contributed by atoms with E-state index in [4.69, 9.17) is 4.74 Å². The van der Waals surface area contributed by atoms with Gasteiger partial charge < -0.3 is 10.1 Å². The number of anilines is 2. The number of aromatic amines is 1. The van der Waals surface area contributed by atoms with Crippen molar-refractivity contribution in [2.75, 3.05) is 5.32 Å². The van der Waals surface area contributed by atoms with Gasteiger partial charge in [-0.1, -0.05) is 18.2 Å². The third-order valence-electron chi connectivity index (χ3n) is 4.06. The zero-order valence-corrected chi connectivity index (χ0v) is 14.4. The third kappa shape index (κ3) is 3.48. The number of hydrogen-bond acceptors (Lipinski definition) is 5. The second kappa shape index (κ2) is 6.87. The van der Waals surface area contributed by atoms with Crippen LogP contribution in [0.4, 0.5) is 15.8 Å². The largest absolute Gasteiger partial charge is 0.425 e. The van der Waals surface area contributed by atoms with Gasteiger partial charge >= 0.3 is 6.01 Å². The fourth-order valence-corrected chi connectivity index (χ4v) is 2.65. The minimum atomic E-state index is -0.486. The van der Waals surface area contributed by atoms with Crippen LogP contribution in [0.5, 0.6) is 11.8 Å². The van der Waals surface area contributed by atoms with Crippen molar-refractivity contribution < 1.29 is 9.13 Å². The van der Waals surface area contributed by atoms with E-state index in [1.165, 1.54) is 18.5 Å². The lowest BCUT2D eigenvalue weighted by molar-refractivity contribution is 0.439. The highest BCUT2D eigenvalue weighted by Crippen LogP contribution is 2.27. The predicted molar refractivity (Wildman–Crippen MR) is 101 cm³/mol. The smallest absolute Gasteiger partial charge is 0.302 e. The van der Waals surface area contributed by atoms with Crippen LogP contribution in [0.2, 0.25) is 0 Å². The summed E-state index contributed by atoms with van der Waals surface area (Å²) in [5.74, 6) is -0.269. The number of pyridine rings is 1. The summed E-state index contributed by atoms with van der Waals surface area (Å²) in [6, 6.07) is 13.5. The number of H-pyrrole nitrogens is 1. The van der Waals surface area contributed by atoms with Crippen molar-refractivity contribution in [3.8, 4) is 11.8 Å². The van der Waals surface area contributed by atoms with Gasteiger partial charge in [-0.15, -0.1) is 0 Å². The van der Waals surface area contributed by atoms with Gasteiger partial charge in [0.15, 0.2) is 0 Å². The maximum absolute atomic E-state index is 14.5. The molecule has 6 nitrogen and oxygen atoms in total. The molecule has 0 aliphatic heterocycles. The third-order valence-corrected chi connectivity index (χ3v) is 4.06. The molecule has 0 aliphatic rings. The quantitative estimate of drug-likeness (QED) is 0.566. The molecule has 0 saturated heterocycles. The molecule has 2 N–H and O–H groups in total. The fourth-order valence-electron chi connectivity index (χ4n) is 2.65. The van der Waals surface area contributed by atoms with Gasteiger partial charge in [-0.05, 0) is 36.8 Å². The molecule has 134 valence electrons. The molecular formula is C20H15FN4O2. The van der Waals surface area contributed by atoms with Gasteiger partial charge in [-0.3, -0.25) is 14.8 Å². The van der Waals surface area contributed by atoms with Crippen LogP contribution in [0.1, 0.15) is 5.56 Å². The molecule has 4 rings (SSSR count). The van der Waals surface area contributed by atoms with Gasteiger partial charge in [0.25, 0.3) is 5.56 Å². The first kappa shape index (κ1) is 16.7. The Kier molecular flexibility index (Phi) is 4.25. The summed E-state index contributed by atoms with van der Waals surface area (Å²) in [6.45, 7) is 1.94. The molecule has 0 bridgehead atoms. The molecule has 2 aromatic heterocycles. The van der Waals surface area contributed by atoms with Crippen molar-refractivity contribution in [3.05, 3.63) is 82.7 Å². The number of halogens is 1. The molecule has 0 saturated carbocycles. The Morgan fingerprint density at radius 2 is 1.96 bits per heavy atom. The van der Waals surface area contributed by atoms with Crippen molar-refractivity contribution in [2.45, 2.75) is 6.92 Å². The Hall–Kier alpha value is -3.74. The van der Waals surface area contributed by atoms with E-state index in [0.29, 0.717) is 16.6 Å². The van der Waals surface area contributed by atoms with Crippen molar-refractivity contribution in [3.63, 3.8) is 0 Å². The topological polar surface area (TPSA) is 79.9 Å². The summed E-state index contributed by atoms with van der Waals surface area (Å²) >= 11 is 0. The van der Waals surface area contributed by atoms with E-state index in [9.17, 15) is 9.18 Å². The molecule has 27 heavy (non-hydrogen) atoms. The second-order valence-electron chi connectivity index (χ2n) is 5.95. The van der Waals surface area contributed by atoms with Crippen LogP contribution in [0.3, 0.4) is 0 Å². The van der Waals surface area contributed by atoms with E-state index in [0.717, 1.165) is 11.3 Å². The van der Waals surface area contributed by atoms with Gasteiger partial charge in [0.05, 0.1) is 22.8 Å². The predicted octanol–water partition coefficient (Wildman–Crippen LogP) is 4.30. The number of ether oxygens (including phenoxy) is 1. The Morgan fingerprint density at radius 1 is 1.11 bits per heavy atom. The molecule has 0 radical (unpaired) electrons. The Labute approximate surface area is 153 Å². The standard InChI is InChI=1S/C20H15FN4O2/c1-12-4-2-3-5-16(12)23-17-7-6-13(10-15(17)21)27-20-24-18-11-22-9-8-14(18)19(26)25-20/h2-11,23H,1H3,(H,24,25,26). The van der Waals surface area contributed by atoms with Gasteiger partial charge in [0.1, 0.15) is 11.6 Å². The first-order chi connectivity index (χ1) is 13.1. The maximum atomic E-state index is 14.5. The maximum Gasteiger partial charge on any atom is 0.302 e. The molecule has 2 aromatic carbocycles. The monoisotopic (exact) mass is 362 g/mol. The average molecular weight is 362 g/mol. The van der Waals surface area contributed by atoms with E-state index in [1.807, 2.05) is 31.2 Å². The SMILES string of the molecule is Cc1ccccc1Nc1ccc(Oc2nc3cnccc3c(=O)[nH]2)cc1F. The Morgan fingerprint density at radius 3 is 2.78 bits per heavy atom. The molecule has 2 heterocycles. The molecule has 0 spiro atoms. The molecular weight excluding hydrogens is 347 g/mol. The normalized spacial score (nSPS) is 10.7. The van der Waals surface area contributed by atoms with Crippen LogP contribution in [0, 0.1) is 12.7 Å². The average Bonchev–Trinajstić information content (AvgIpc) is 2.66. The van der Waals surface area contributed by atoms with E-state index >= 15 is 0 Å². The molecule has 0 atom stereocenters. The summed E-state index contributed by atoms with van der Waals surface area (Å²) < 4.78 is 20.0. The van der Waals surface area contributed by atoms with Crippen LogP contribution in [0.25, 0.3) is 10.9 Å². The first-order valence-corrected chi connectivity index (χ1v) is 8.24. The molecule has 0 amide bonds. The summed E-state index contributed by atoms with van der Waals surface area (Å²) in [7, 11) is 0. The van der Waals surface area contributed by atoms with E-state index < -0.39 is 5.82 Å². The number of nitrogens with zero attached hydrogens (tertiary/aromatic N) is 2. The summed E-state index contributed by atoms with van der Waals surface area (Å²) in [4.78, 5) is 22.7. The number of fused-ring (bicyclic) bond motifs is 1. The molecule has 0 unspecified atom stereocenters. The van der Waals surface area contributed by atoms with Crippen molar-refractivity contribution in [1.29, 1.82) is 0 Å². The summed E-state index contributed by atoms with van der Waals surface area (Å²) in [6.07, 6.45) is 2.97. The van der Waals surface area contributed by atoms with Gasteiger partial charge in [0.2, 0.25) is 0 Å². The van der Waals surface area contributed by atoms with Crippen LogP contribution in [-0.2, 0) is 0 Å². The van der Waals surface area contributed by atoms with Crippen LogP contribution in [-0.4, -0.2) is 15.0 Å². The minimum Gasteiger partial charge on any atom is -0.425 e. The molecule has 0 fully saturated rings. The Bertz CT molecular complexity index is 1190. The number of rotatable bonds is 4.